The van der Waals surface area contributed by atoms with E-state index in [1.807, 2.05) is 54.6 Å². The maximum atomic E-state index is 12.2. The van der Waals surface area contributed by atoms with Gasteiger partial charge in [-0.15, -0.1) is 0 Å². The van der Waals surface area contributed by atoms with Gasteiger partial charge in [-0.2, -0.15) is 0 Å². The number of methoxy groups -OCH3 is 1. The van der Waals surface area contributed by atoms with Crippen molar-refractivity contribution in [2.24, 2.45) is 0 Å². The molecule has 0 radical (unpaired) electrons. The molecule has 0 atom stereocenters. The molecule has 0 aliphatic rings. The summed E-state index contributed by atoms with van der Waals surface area (Å²) in [5.41, 5.74) is 2.04. The van der Waals surface area contributed by atoms with Crippen LogP contribution in [0.4, 0.5) is 0 Å². The topological polar surface area (TPSA) is 32.3 Å². The Labute approximate surface area is 125 Å². The summed E-state index contributed by atoms with van der Waals surface area (Å²) in [7, 11) is 1.63. The number of ether oxygens (including phenoxy) is 1. The van der Waals surface area contributed by atoms with Crippen molar-refractivity contribution in [2.45, 2.75) is 0 Å². The van der Waals surface area contributed by atoms with E-state index in [-0.39, 0.29) is 5.06 Å². The molecule has 100 valence electrons. The SMILES string of the molecule is COc1ccc(-c2sc(-c3ccccc3)[s+]c2[O-])cc1. The minimum absolute atomic E-state index is 0.110. The van der Waals surface area contributed by atoms with Gasteiger partial charge in [0.15, 0.2) is 4.88 Å². The molecular weight excluding hydrogens is 288 g/mol. The van der Waals surface area contributed by atoms with Crippen LogP contribution >= 0.6 is 22.7 Å². The lowest BCUT2D eigenvalue weighted by atomic mass is 10.2. The fourth-order valence-corrected chi connectivity index (χ4v) is 4.20. The third-order valence-electron chi connectivity index (χ3n) is 2.93. The lowest BCUT2D eigenvalue weighted by molar-refractivity contribution is -0.260. The number of rotatable bonds is 3. The Bertz CT molecular complexity index is 703. The molecule has 0 spiro atoms. The van der Waals surface area contributed by atoms with Crippen LogP contribution in [0, 0.1) is 0 Å². The first kappa shape index (κ1) is 13.1. The molecule has 0 fully saturated rings. The van der Waals surface area contributed by atoms with Crippen molar-refractivity contribution in [2.75, 3.05) is 7.11 Å². The fraction of sp³-hybridized carbons (Fsp3) is 0.0625. The van der Waals surface area contributed by atoms with E-state index >= 15 is 0 Å². The van der Waals surface area contributed by atoms with Crippen molar-refractivity contribution in [1.29, 1.82) is 0 Å². The molecule has 0 unspecified atom stereocenters. The van der Waals surface area contributed by atoms with E-state index in [9.17, 15) is 5.11 Å². The zero-order valence-electron chi connectivity index (χ0n) is 10.8. The van der Waals surface area contributed by atoms with Crippen molar-refractivity contribution in [3.63, 3.8) is 0 Å². The normalized spacial score (nSPS) is 10.4. The molecular formula is C16H12O2S2. The Morgan fingerprint density at radius 1 is 0.950 bits per heavy atom. The zero-order chi connectivity index (χ0) is 13.9. The molecule has 1 aromatic heterocycles. The molecule has 0 bridgehead atoms. The molecule has 2 aromatic carbocycles. The van der Waals surface area contributed by atoms with Crippen LogP contribution in [-0.4, -0.2) is 7.11 Å². The first-order valence-corrected chi connectivity index (χ1v) is 7.75. The van der Waals surface area contributed by atoms with Gasteiger partial charge in [0.1, 0.15) is 10.8 Å². The van der Waals surface area contributed by atoms with Gasteiger partial charge in [0, 0.05) is 11.1 Å². The molecule has 0 aliphatic carbocycles. The molecule has 20 heavy (non-hydrogen) atoms. The van der Waals surface area contributed by atoms with E-state index in [2.05, 4.69) is 0 Å². The Hall–Kier alpha value is -1.91. The molecule has 0 aliphatic heterocycles. The van der Waals surface area contributed by atoms with Gasteiger partial charge in [-0.25, -0.2) is 0 Å². The summed E-state index contributed by atoms with van der Waals surface area (Å²) in [6, 6.07) is 17.6. The van der Waals surface area contributed by atoms with Gasteiger partial charge in [0.2, 0.25) is 0 Å². The largest absolute Gasteiger partial charge is 0.845 e. The number of hydrogen-bond acceptors (Lipinski definition) is 3. The second-order valence-electron chi connectivity index (χ2n) is 4.20. The lowest BCUT2D eigenvalue weighted by Crippen LogP contribution is -1.87. The van der Waals surface area contributed by atoms with Gasteiger partial charge in [-0.1, -0.05) is 18.2 Å². The Morgan fingerprint density at radius 2 is 1.65 bits per heavy atom. The zero-order valence-corrected chi connectivity index (χ0v) is 12.5. The van der Waals surface area contributed by atoms with Crippen LogP contribution < -0.4 is 9.84 Å². The Kier molecular flexibility index (Phi) is 3.67. The maximum absolute atomic E-state index is 12.2. The van der Waals surface area contributed by atoms with Gasteiger partial charge >= 0.3 is 0 Å². The second kappa shape index (κ2) is 5.61. The second-order valence-corrected chi connectivity index (χ2v) is 6.46. The molecule has 4 heteroatoms. The predicted molar refractivity (Wildman–Crippen MR) is 83.5 cm³/mol. The van der Waals surface area contributed by atoms with Gasteiger partial charge in [-0.3, -0.25) is 0 Å². The van der Waals surface area contributed by atoms with Crippen LogP contribution in [0.3, 0.4) is 0 Å². The highest BCUT2D eigenvalue weighted by Crippen LogP contribution is 2.45. The summed E-state index contributed by atoms with van der Waals surface area (Å²) < 4.78 is 6.18. The minimum Gasteiger partial charge on any atom is -0.845 e. The number of hydrogen-bond donors (Lipinski definition) is 0. The fourth-order valence-electron chi connectivity index (χ4n) is 1.90. The standard InChI is InChI=1S/C16H12O2S2/c1-18-13-9-7-11(8-10-13)14-15(17)20-16(19-14)12-5-3-2-4-6-12/h2-10H,1H3. The van der Waals surface area contributed by atoms with Gasteiger partial charge < -0.3 is 9.84 Å². The van der Waals surface area contributed by atoms with Crippen molar-refractivity contribution in [1.82, 2.24) is 0 Å². The highest BCUT2D eigenvalue weighted by molar-refractivity contribution is 7.39. The predicted octanol–water partition coefficient (Wildman–Crippen LogP) is 4.51. The highest BCUT2D eigenvalue weighted by Gasteiger charge is 2.19. The van der Waals surface area contributed by atoms with Crippen LogP contribution in [0.2, 0.25) is 0 Å². The van der Waals surface area contributed by atoms with Crippen molar-refractivity contribution >= 4 is 22.7 Å². The molecule has 0 saturated heterocycles. The highest BCUT2D eigenvalue weighted by atomic mass is 32.2. The van der Waals surface area contributed by atoms with E-state index in [1.165, 1.54) is 11.3 Å². The lowest BCUT2D eigenvalue weighted by Gasteiger charge is -2.01. The summed E-state index contributed by atoms with van der Waals surface area (Å²) >= 11 is 2.85. The van der Waals surface area contributed by atoms with E-state index in [4.69, 9.17) is 4.74 Å². The summed E-state index contributed by atoms with van der Waals surface area (Å²) in [5.74, 6) is 0.796. The molecule has 2 nitrogen and oxygen atoms in total. The monoisotopic (exact) mass is 300 g/mol. The average molecular weight is 300 g/mol. The quantitative estimate of drug-likeness (QED) is 0.667. The summed E-state index contributed by atoms with van der Waals surface area (Å²) in [6.07, 6.45) is 0. The average Bonchev–Trinajstić information content (AvgIpc) is 2.90. The van der Waals surface area contributed by atoms with Gasteiger partial charge in [0.05, 0.1) is 29.8 Å². The maximum Gasteiger partial charge on any atom is 0.284 e. The Balaban J connectivity index is 2.00. The third-order valence-corrected chi connectivity index (χ3v) is 5.41. The Morgan fingerprint density at radius 3 is 2.30 bits per heavy atom. The van der Waals surface area contributed by atoms with Gasteiger partial charge in [0.25, 0.3) is 4.19 Å². The summed E-state index contributed by atoms with van der Waals surface area (Å²) in [4.78, 5) is 0.788. The van der Waals surface area contributed by atoms with Crippen LogP contribution in [0.1, 0.15) is 0 Å². The van der Waals surface area contributed by atoms with Gasteiger partial charge in [-0.05, 0) is 36.4 Å². The van der Waals surface area contributed by atoms with E-state index < -0.39 is 0 Å². The first-order chi connectivity index (χ1) is 9.78. The van der Waals surface area contributed by atoms with Crippen LogP contribution in [0.15, 0.2) is 54.6 Å². The molecule has 0 saturated carbocycles. The minimum atomic E-state index is 0.110. The van der Waals surface area contributed by atoms with Crippen LogP contribution in [0.25, 0.3) is 20.2 Å². The van der Waals surface area contributed by atoms with Crippen molar-refractivity contribution < 1.29 is 9.84 Å². The van der Waals surface area contributed by atoms with Crippen molar-refractivity contribution in [3.05, 3.63) is 54.6 Å². The van der Waals surface area contributed by atoms with Crippen molar-refractivity contribution in [3.8, 4) is 31.0 Å². The summed E-state index contributed by atoms with van der Waals surface area (Å²) in [6.45, 7) is 0. The molecule has 3 aromatic rings. The molecule has 0 amide bonds. The molecule has 3 rings (SSSR count). The molecule has 0 N–H and O–H groups in total. The van der Waals surface area contributed by atoms with E-state index in [0.717, 1.165) is 25.9 Å². The van der Waals surface area contributed by atoms with Crippen LogP contribution in [-0.2, 0) is 0 Å². The first-order valence-electron chi connectivity index (χ1n) is 6.12. The van der Waals surface area contributed by atoms with Crippen LogP contribution in [0.5, 0.6) is 10.8 Å². The van der Waals surface area contributed by atoms with E-state index in [0.29, 0.717) is 0 Å². The third kappa shape index (κ3) is 2.53. The smallest absolute Gasteiger partial charge is 0.284 e. The number of benzene rings is 2. The van der Waals surface area contributed by atoms with E-state index in [1.54, 1.807) is 18.4 Å². The molecule has 1 heterocycles. The summed E-state index contributed by atoms with van der Waals surface area (Å²) in [5, 5.41) is 12.3.